The number of ether oxygens (including phenoxy) is 2. The topological polar surface area (TPSA) is 66.2 Å². The van der Waals surface area contributed by atoms with Crippen LogP contribution >= 0.6 is 11.8 Å². The van der Waals surface area contributed by atoms with E-state index in [9.17, 15) is 4.79 Å². The molecule has 0 saturated heterocycles. The maximum Gasteiger partial charge on any atom is 0.316 e. The molecule has 0 spiro atoms. The van der Waals surface area contributed by atoms with Gasteiger partial charge in [0.1, 0.15) is 5.75 Å². The molecule has 0 fully saturated rings. The van der Waals surface area contributed by atoms with Crippen LogP contribution in [0, 0.1) is 0 Å². The van der Waals surface area contributed by atoms with Crippen LogP contribution in [-0.2, 0) is 9.53 Å². The van der Waals surface area contributed by atoms with Crippen LogP contribution < -0.4 is 4.74 Å². The predicted octanol–water partition coefficient (Wildman–Crippen LogP) is 3.21. The number of methoxy groups -OCH3 is 2. The second-order valence-corrected chi connectivity index (χ2v) is 5.99. The van der Waals surface area contributed by atoms with Gasteiger partial charge in [0.25, 0.3) is 0 Å². The van der Waals surface area contributed by atoms with Gasteiger partial charge in [0, 0.05) is 5.56 Å². The number of esters is 1. The highest BCUT2D eigenvalue weighted by Crippen LogP contribution is 2.32. The highest BCUT2D eigenvalue weighted by Gasteiger charge is 2.19. The lowest BCUT2D eigenvalue weighted by atomic mass is 10.2. The van der Waals surface area contributed by atoms with Crippen LogP contribution in [0.4, 0.5) is 0 Å². The van der Waals surface area contributed by atoms with E-state index in [1.54, 1.807) is 7.11 Å². The van der Waals surface area contributed by atoms with Crippen molar-refractivity contribution in [2.45, 2.75) is 5.16 Å². The molecule has 0 N–H and O–H groups in total. The summed E-state index contributed by atoms with van der Waals surface area (Å²) in [4.78, 5) is 11.5. The molecule has 1 heterocycles. The zero-order chi connectivity index (χ0) is 17.6. The second kappa shape index (κ2) is 7.85. The van der Waals surface area contributed by atoms with Gasteiger partial charge >= 0.3 is 5.97 Å². The zero-order valence-corrected chi connectivity index (χ0v) is 14.7. The lowest BCUT2D eigenvalue weighted by Crippen LogP contribution is -2.06. The Kier molecular flexibility index (Phi) is 5.35. The third-order valence-corrected chi connectivity index (χ3v) is 4.44. The Hall–Kier alpha value is -2.80. The lowest BCUT2D eigenvalue weighted by molar-refractivity contribution is -0.137. The van der Waals surface area contributed by atoms with E-state index in [1.807, 2.05) is 59.2 Å². The number of hydrogen-bond acceptors (Lipinski definition) is 6. The lowest BCUT2D eigenvalue weighted by Gasteiger charge is -2.13. The summed E-state index contributed by atoms with van der Waals surface area (Å²) in [7, 11) is 2.98. The monoisotopic (exact) mass is 355 g/mol. The number of para-hydroxylation sites is 2. The van der Waals surface area contributed by atoms with Gasteiger partial charge in [-0.05, 0) is 12.1 Å². The maximum atomic E-state index is 11.5. The van der Waals surface area contributed by atoms with Crippen LogP contribution in [0.15, 0.2) is 59.8 Å². The van der Waals surface area contributed by atoms with Gasteiger partial charge in [-0.2, -0.15) is 0 Å². The molecular weight excluding hydrogens is 338 g/mol. The second-order valence-electron chi connectivity index (χ2n) is 5.04. The van der Waals surface area contributed by atoms with E-state index in [1.165, 1.54) is 18.9 Å². The first kappa shape index (κ1) is 17.0. The van der Waals surface area contributed by atoms with Gasteiger partial charge < -0.3 is 9.47 Å². The number of nitrogens with zero attached hydrogens (tertiary/aromatic N) is 3. The average Bonchev–Trinajstić information content (AvgIpc) is 3.10. The molecule has 0 atom stereocenters. The molecule has 0 saturated carbocycles. The molecule has 0 radical (unpaired) electrons. The number of carbonyl (C=O) groups is 1. The Morgan fingerprint density at radius 3 is 2.48 bits per heavy atom. The van der Waals surface area contributed by atoms with Crippen molar-refractivity contribution in [3.63, 3.8) is 0 Å². The molecule has 3 aromatic rings. The van der Waals surface area contributed by atoms with E-state index in [-0.39, 0.29) is 11.7 Å². The van der Waals surface area contributed by atoms with E-state index in [2.05, 4.69) is 10.2 Å². The summed E-state index contributed by atoms with van der Waals surface area (Å²) in [5.74, 6) is 1.20. The Morgan fingerprint density at radius 2 is 1.76 bits per heavy atom. The number of carbonyl (C=O) groups excluding carboxylic acids is 1. The van der Waals surface area contributed by atoms with Crippen molar-refractivity contribution in [2.24, 2.45) is 0 Å². The standard InChI is InChI=1S/C18H17N3O3S/c1-23-15-11-7-6-10-14(15)21-17(13-8-4-3-5-9-13)19-20-18(21)25-12-16(22)24-2/h3-11H,12H2,1-2H3. The molecule has 25 heavy (non-hydrogen) atoms. The SMILES string of the molecule is COC(=O)CSc1nnc(-c2ccccc2)n1-c1ccccc1OC. The summed E-state index contributed by atoms with van der Waals surface area (Å²) in [6.45, 7) is 0. The molecule has 0 amide bonds. The molecule has 0 aliphatic rings. The van der Waals surface area contributed by atoms with Crippen LogP contribution in [0.5, 0.6) is 5.75 Å². The van der Waals surface area contributed by atoms with Crippen LogP contribution in [-0.4, -0.2) is 40.7 Å². The molecule has 0 aliphatic heterocycles. The fraction of sp³-hybridized carbons (Fsp3) is 0.167. The molecule has 3 rings (SSSR count). The molecule has 1 aromatic heterocycles. The van der Waals surface area contributed by atoms with Gasteiger partial charge in [0.15, 0.2) is 11.0 Å². The van der Waals surface area contributed by atoms with Crippen molar-refractivity contribution in [3.05, 3.63) is 54.6 Å². The van der Waals surface area contributed by atoms with Crippen molar-refractivity contribution < 1.29 is 14.3 Å². The first-order valence-electron chi connectivity index (χ1n) is 7.58. The summed E-state index contributed by atoms with van der Waals surface area (Å²) in [6.07, 6.45) is 0. The Bertz CT molecular complexity index is 865. The number of thioether (sulfide) groups is 1. The number of benzene rings is 2. The summed E-state index contributed by atoms with van der Waals surface area (Å²) >= 11 is 1.27. The highest BCUT2D eigenvalue weighted by molar-refractivity contribution is 7.99. The molecule has 7 heteroatoms. The summed E-state index contributed by atoms with van der Waals surface area (Å²) < 4.78 is 12.1. The van der Waals surface area contributed by atoms with Gasteiger partial charge in [-0.15, -0.1) is 10.2 Å². The average molecular weight is 355 g/mol. The number of aromatic nitrogens is 3. The minimum Gasteiger partial charge on any atom is -0.495 e. The molecule has 0 unspecified atom stereocenters. The summed E-state index contributed by atoms with van der Waals surface area (Å²) in [5.41, 5.74) is 1.73. The van der Waals surface area contributed by atoms with Crippen molar-refractivity contribution in [2.75, 3.05) is 20.0 Å². The van der Waals surface area contributed by atoms with Crippen LogP contribution in [0.3, 0.4) is 0 Å². The molecule has 2 aromatic carbocycles. The first-order chi connectivity index (χ1) is 12.2. The fourth-order valence-electron chi connectivity index (χ4n) is 2.35. The minimum absolute atomic E-state index is 0.151. The smallest absolute Gasteiger partial charge is 0.316 e. The van der Waals surface area contributed by atoms with Crippen LogP contribution in [0.25, 0.3) is 17.1 Å². The summed E-state index contributed by atoms with van der Waals surface area (Å²) in [5, 5.41) is 9.18. The van der Waals surface area contributed by atoms with E-state index >= 15 is 0 Å². The molecule has 6 nitrogen and oxygen atoms in total. The quantitative estimate of drug-likeness (QED) is 0.500. The van der Waals surface area contributed by atoms with Gasteiger partial charge in [-0.25, -0.2) is 0 Å². The first-order valence-corrected chi connectivity index (χ1v) is 8.57. The van der Waals surface area contributed by atoms with Gasteiger partial charge in [0.2, 0.25) is 0 Å². The number of rotatable bonds is 6. The highest BCUT2D eigenvalue weighted by atomic mass is 32.2. The van der Waals surface area contributed by atoms with Crippen LogP contribution in [0.1, 0.15) is 0 Å². The number of hydrogen-bond donors (Lipinski definition) is 0. The third-order valence-electron chi connectivity index (χ3n) is 3.54. The van der Waals surface area contributed by atoms with Gasteiger partial charge in [-0.1, -0.05) is 54.2 Å². The molecule has 0 bridgehead atoms. The Labute approximate surface area is 149 Å². The van der Waals surface area contributed by atoms with E-state index < -0.39 is 0 Å². The predicted molar refractivity (Wildman–Crippen MR) is 96.1 cm³/mol. The van der Waals surface area contributed by atoms with Crippen molar-refractivity contribution >= 4 is 17.7 Å². The van der Waals surface area contributed by atoms with Crippen LogP contribution in [0.2, 0.25) is 0 Å². The third kappa shape index (κ3) is 3.66. The molecule has 128 valence electrons. The Morgan fingerprint density at radius 1 is 1.04 bits per heavy atom. The molecular formula is C18H17N3O3S. The minimum atomic E-state index is -0.319. The largest absolute Gasteiger partial charge is 0.495 e. The summed E-state index contributed by atoms with van der Waals surface area (Å²) in [6, 6.07) is 17.4. The van der Waals surface area contributed by atoms with Crippen molar-refractivity contribution in [1.29, 1.82) is 0 Å². The Balaban J connectivity index is 2.11. The van der Waals surface area contributed by atoms with E-state index in [0.29, 0.717) is 16.7 Å². The van der Waals surface area contributed by atoms with Gasteiger partial charge in [0.05, 0.1) is 25.7 Å². The maximum absolute atomic E-state index is 11.5. The molecule has 0 aliphatic carbocycles. The van der Waals surface area contributed by atoms with Gasteiger partial charge in [-0.3, -0.25) is 9.36 Å². The van der Waals surface area contributed by atoms with E-state index in [4.69, 9.17) is 9.47 Å². The van der Waals surface area contributed by atoms with Crippen molar-refractivity contribution in [1.82, 2.24) is 14.8 Å². The fourth-order valence-corrected chi connectivity index (χ4v) is 3.13. The van der Waals surface area contributed by atoms with E-state index in [0.717, 1.165) is 11.3 Å². The zero-order valence-electron chi connectivity index (χ0n) is 13.9. The normalized spacial score (nSPS) is 10.5. The van der Waals surface area contributed by atoms with Crippen molar-refractivity contribution in [3.8, 4) is 22.8 Å².